The number of methoxy groups -OCH3 is 1. The topological polar surface area (TPSA) is 86.2 Å². The first-order chi connectivity index (χ1) is 7.85. The van der Waals surface area contributed by atoms with Crippen molar-refractivity contribution in [1.29, 1.82) is 0 Å². The molecule has 0 saturated heterocycles. The third-order valence-corrected chi connectivity index (χ3v) is 2.16. The van der Waals surface area contributed by atoms with Crippen LogP contribution in [0.3, 0.4) is 0 Å². The highest BCUT2D eigenvalue weighted by Crippen LogP contribution is 2.21. The molecule has 0 bridgehead atoms. The Bertz CT molecular complexity index is 444. The van der Waals surface area contributed by atoms with Crippen molar-refractivity contribution in [3.05, 3.63) is 42.2 Å². The average Bonchev–Trinajstić information content (AvgIpc) is 2.84. The Morgan fingerprint density at radius 3 is 3.00 bits per heavy atom. The summed E-state index contributed by atoms with van der Waals surface area (Å²) in [5.41, 5.74) is 3.32. The zero-order valence-electron chi connectivity index (χ0n) is 8.75. The van der Waals surface area contributed by atoms with E-state index in [0.29, 0.717) is 17.3 Å². The molecule has 2 heterocycles. The fraction of sp³-hybridized carbons (Fsp3) is 0.200. The van der Waals surface area contributed by atoms with Gasteiger partial charge in [0.05, 0.1) is 19.1 Å². The third kappa shape index (κ3) is 2.02. The molecule has 0 amide bonds. The molecule has 1 atom stereocenters. The molecule has 0 fully saturated rings. The first-order valence-corrected chi connectivity index (χ1v) is 4.70. The van der Waals surface area contributed by atoms with Gasteiger partial charge in [-0.3, -0.25) is 5.84 Å². The Morgan fingerprint density at radius 2 is 2.38 bits per heavy atom. The van der Waals surface area contributed by atoms with Gasteiger partial charge in [0.1, 0.15) is 18.1 Å². The van der Waals surface area contributed by atoms with Gasteiger partial charge >= 0.3 is 0 Å². The van der Waals surface area contributed by atoms with Gasteiger partial charge in [-0.2, -0.15) is 0 Å². The number of hydrogen-bond acceptors (Lipinski definition) is 6. The molecule has 0 aromatic carbocycles. The van der Waals surface area contributed by atoms with Crippen molar-refractivity contribution >= 4 is 0 Å². The van der Waals surface area contributed by atoms with E-state index in [1.165, 1.54) is 6.33 Å². The molecule has 0 aliphatic rings. The Balaban J connectivity index is 2.33. The quantitative estimate of drug-likeness (QED) is 0.580. The van der Waals surface area contributed by atoms with Crippen LogP contribution >= 0.6 is 0 Å². The number of nitrogens with one attached hydrogen (secondary N) is 1. The molecule has 2 aromatic heterocycles. The van der Waals surface area contributed by atoms with Crippen LogP contribution in [-0.2, 0) is 0 Å². The van der Waals surface area contributed by atoms with Gasteiger partial charge < -0.3 is 9.15 Å². The van der Waals surface area contributed by atoms with Gasteiger partial charge in [-0.25, -0.2) is 15.4 Å². The number of nitrogens with zero attached hydrogens (tertiary/aromatic N) is 2. The van der Waals surface area contributed by atoms with Crippen LogP contribution in [0.25, 0.3) is 0 Å². The van der Waals surface area contributed by atoms with Crippen LogP contribution in [0, 0.1) is 0 Å². The van der Waals surface area contributed by atoms with Crippen LogP contribution in [0.4, 0.5) is 0 Å². The molecule has 6 heteroatoms. The summed E-state index contributed by atoms with van der Waals surface area (Å²) < 4.78 is 10.3. The van der Waals surface area contributed by atoms with Gasteiger partial charge in [0.25, 0.3) is 0 Å². The number of hydrazine groups is 1. The highest BCUT2D eigenvalue weighted by atomic mass is 16.5. The maximum Gasteiger partial charge on any atom is 0.216 e. The van der Waals surface area contributed by atoms with Crippen molar-refractivity contribution in [1.82, 2.24) is 15.4 Å². The predicted octanol–water partition coefficient (Wildman–Crippen LogP) is 0.631. The number of ether oxygens (including phenoxy) is 1. The van der Waals surface area contributed by atoms with Crippen molar-refractivity contribution < 1.29 is 9.15 Å². The SMILES string of the molecule is COc1cc(C(NN)c2ccco2)ncn1. The lowest BCUT2D eigenvalue weighted by atomic mass is 10.1. The van der Waals surface area contributed by atoms with Crippen LogP contribution in [0.2, 0.25) is 0 Å². The minimum atomic E-state index is -0.313. The molecule has 0 aliphatic heterocycles. The molecule has 0 radical (unpaired) electrons. The Kier molecular flexibility index (Phi) is 3.13. The van der Waals surface area contributed by atoms with Crippen LogP contribution in [-0.4, -0.2) is 17.1 Å². The van der Waals surface area contributed by atoms with E-state index in [-0.39, 0.29) is 6.04 Å². The van der Waals surface area contributed by atoms with Gasteiger partial charge in [-0.1, -0.05) is 0 Å². The molecular formula is C10H12N4O2. The maximum atomic E-state index is 5.48. The van der Waals surface area contributed by atoms with Gasteiger partial charge in [-0.05, 0) is 12.1 Å². The van der Waals surface area contributed by atoms with Crippen molar-refractivity contribution in [3.8, 4) is 5.88 Å². The minimum Gasteiger partial charge on any atom is -0.481 e. The molecule has 16 heavy (non-hydrogen) atoms. The lowest BCUT2D eigenvalue weighted by molar-refractivity contribution is 0.392. The van der Waals surface area contributed by atoms with E-state index in [4.69, 9.17) is 15.0 Å². The van der Waals surface area contributed by atoms with E-state index >= 15 is 0 Å². The number of furan rings is 1. The first kappa shape index (κ1) is 10.6. The summed E-state index contributed by atoms with van der Waals surface area (Å²) >= 11 is 0. The molecule has 3 N–H and O–H groups in total. The van der Waals surface area contributed by atoms with Crippen molar-refractivity contribution in [2.24, 2.45) is 5.84 Å². The first-order valence-electron chi connectivity index (χ1n) is 4.70. The molecule has 6 nitrogen and oxygen atoms in total. The van der Waals surface area contributed by atoms with Crippen LogP contribution in [0.15, 0.2) is 35.2 Å². The molecule has 0 spiro atoms. The molecule has 2 rings (SSSR count). The summed E-state index contributed by atoms with van der Waals surface area (Å²) in [4.78, 5) is 8.04. The average molecular weight is 220 g/mol. The van der Waals surface area contributed by atoms with E-state index in [1.807, 2.05) is 6.07 Å². The Morgan fingerprint density at radius 1 is 1.50 bits per heavy atom. The van der Waals surface area contributed by atoms with E-state index in [9.17, 15) is 0 Å². The van der Waals surface area contributed by atoms with Gasteiger partial charge in [0, 0.05) is 6.07 Å². The second kappa shape index (κ2) is 4.73. The van der Waals surface area contributed by atoms with Gasteiger partial charge in [-0.15, -0.1) is 0 Å². The molecule has 84 valence electrons. The highest BCUT2D eigenvalue weighted by molar-refractivity contribution is 5.23. The van der Waals surface area contributed by atoms with Crippen LogP contribution < -0.4 is 16.0 Å². The summed E-state index contributed by atoms with van der Waals surface area (Å²) in [6.45, 7) is 0. The number of nitrogens with two attached hydrogens (primary N) is 1. The monoisotopic (exact) mass is 220 g/mol. The molecule has 2 aromatic rings. The Labute approximate surface area is 92.4 Å². The summed E-state index contributed by atoms with van der Waals surface area (Å²) in [5.74, 6) is 6.64. The van der Waals surface area contributed by atoms with Crippen LogP contribution in [0.5, 0.6) is 5.88 Å². The zero-order chi connectivity index (χ0) is 11.4. The maximum absolute atomic E-state index is 5.48. The van der Waals surface area contributed by atoms with Crippen molar-refractivity contribution in [3.63, 3.8) is 0 Å². The largest absolute Gasteiger partial charge is 0.481 e. The van der Waals surface area contributed by atoms with Gasteiger partial charge in [0.15, 0.2) is 0 Å². The van der Waals surface area contributed by atoms with E-state index in [2.05, 4.69) is 15.4 Å². The fourth-order valence-corrected chi connectivity index (χ4v) is 1.39. The normalized spacial score (nSPS) is 12.4. The standard InChI is InChI=1S/C10H12N4O2/c1-15-9-5-7(12-6-13-9)10(14-11)8-3-2-4-16-8/h2-6,10,14H,11H2,1H3. The number of hydrogen-bond donors (Lipinski definition) is 2. The zero-order valence-corrected chi connectivity index (χ0v) is 8.75. The summed E-state index contributed by atoms with van der Waals surface area (Å²) in [6, 6.07) is 5.00. The predicted molar refractivity (Wildman–Crippen MR) is 56.5 cm³/mol. The summed E-state index contributed by atoms with van der Waals surface area (Å²) in [7, 11) is 1.55. The lowest BCUT2D eigenvalue weighted by Crippen LogP contribution is -2.29. The summed E-state index contributed by atoms with van der Waals surface area (Å²) in [6.07, 6.45) is 3.00. The highest BCUT2D eigenvalue weighted by Gasteiger charge is 2.17. The summed E-state index contributed by atoms with van der Waals surface area (Å²) in [5, 5.41) is 0. The molecular weight excluding hydrogens is 208 g/mol. The minimum absolute atomic E-state index is 0.313. The van der Waals surface area contributed by atoms with E-state index < -0.39 is 0 Å². The van der Waals surface area contributed by atoms with E-state index in [1.54, 1.807) is 25.5 Å². The number of aromatic nitrogens is 2. The second-order valence-corrected chi connectivity index (χ2v) is 3.10. The third-order valence-electron chi connectivity index (χ3n) is 2.16. The van der Waals surface area contributed by atoms with Crippen LogP contribution in [0.1, 0.15) is 17.5 Å². The van der Waals surface area contributed by atoms with Crippen molar-refractivity contribution in [2.45, 2.75) is 6.04 Å². The smallest absolute Gasteiger partial charge is 0.216 e. The molecule has 0 saturated carbocycles. The molecule has 1 unspecified atom stereocenters. The number of rotatable bonds is 4. The fourth-order valence-electron chi connectivity index (χ4n) is 1.39. The van der Waals surface area contributed by atoms with Crippen molar-refractivity contribution in [2.75, 3.05) is 7.11 Å². The van der Waals surface area contributed by atoms with E-state index in [0.717, 1.165) is 0 Å². The lowest BCUT2D eigenvalue weighted by Gasteiger charge is -2.12. The van der Waals surface area contributed by atoms with Gasteiger partial charge in [0.2, 0.25) is 5.88 Å². The Hall–Kier alpha value is -1.92. The second-order valence-electron chi connectivity index (χ2n) is 3.10. The molecule has 0 aliphatic carbocycles.